The van der Waals surface area contributed by atoms with Crippen LogP contribution in [-0.4, -0.2) is 30.5 Å². The van der Waals surface area contributed by atoms with Gasteiger partial charge in [-0.2, -0.15) is 0 Å². The lowest BCUT2D eigenvalue weighted by molar-refractivity contribution is -0.0226. The molecule has 0 aliphatic carbocycles. The number of morpholine rings is 1. The summed E-state index contributed by atoms with van der Waals surface area (Å²) < 4.78 is 7.72. The summed E-state index contributed by atoms with van der Waals surface area (Å²) in [6.45, 7) is 1.79. The molecular weight excluding hydrogens is 418 g/mol. The van der Waals surface area contributed by atoms with E-state index in [9.17, 15) is 4.79 Å². The minimum absolute atomic E-state index is 0.0606. The Morgan fingerprint density at radius 2 is 2.00 bits per heavy atom. The van der Waals surface area contributed by atoms with Crippen LogP contribution in [0.3, 0.4) is 0 Å². The van der Waals surface area contributed by atoms with Crippen molar-refractivity contribution in [2.75, 3.05) is 19.7 Å². The lowest BCUT2D eigenvalue weighted by atomic mass is 10.1. The number of benzene rings is 1. The highest BCUT2D eigenvalue weighted by atomic mass is 79.9. The Morgan fingerprint density at radius 1 is 1.24 bits per heavy atom. The van der Waals surface area contributed by atoms with Crippen molar-refractivity contribution in [2.24, 2.45) is 0 Å². The quantitative estimate of drug-likeness (QED) is 0.702. The van der Waals surface area contributed by atoms with E-state index in [1.807, 2.05) is 40.6 Å². The zero-order chi connectivity index (χ0) is 14.8. The second-order valence-electron chi connectivity index (χ2n) is 4.76. The Kier molecular flexibility index (Phi) is 4.78. The molecule has 110 valence electrons. The van der Waals surface area contributed by atoms with Gasteiger partial charge < -0.3 is 9.64 Å². The van der Waals surface area contributed by atoms with E-state index in [2.05, 4.69) is 31.9 Å². The van der Waals surface area contributed by atoms with Crippen LogP contribution in [0.4, 0.5) is 0 Å². The van der Waals surface area contributed by atoms with Crippen molar-refractivity contribution in [1.82, 2.24) is 4.90 Å². The molecule has 0 bridgehead atoms. The SMILES string of the molecule is O=C(c1sccc1Br)N1CCOC(c2ccc(Br)cc2)C1. The van der Waals surface area contributed by atoms with Gasteiger partial charge in [-0.05, 0) is 45.1 Å². The summed E-state index contributed by atoms with van der Waals surface area (Å²) in [5.41, 5.74) is 1.10. The van der Waals surface area contributed by atoms with Crippen molar-refractivity contribution < 1.29 is 9.53 Å². The van der Waals surface area contributed by atoms with Crippen LogP contribution in [0.1, 0.15) is 21.3 Å². The highest BCUT2D eigenvalue weighted by Crippen LogP contribution is 2.28. The molecule has 1 aromatic carbocycles. The van der Waals surface area contributed by atoms with E-state index in [4.69, 9.17) is 4.74 Å². The van der Waals surface area contributed by atoms with Crippen LogP contribution in [-0.2, 0) is 4.74 Å². The Morgan fingerprint density at radius 3 is 2.67 bits per heavy atom. The van der Waals surface area contributed by atoms with Crippen LogP contribution in [0.25, 0.3) is 0 Å². The predicted molar refractivity (Wildman–Crippen MR) is 90.8 cm³/mol. The maximum atomic E-state index is 12.6. The van der Waals surface area contributed by atoms with Crippen molar-refractivity contribution in [3.05, 3.63) is 55.1 Å². The monoisotopic (exact) mass is 429 g/mol. The van der Waals surface area contributed by atoms with Gasteiger partial charge in [0.05, 0.1) is 13.2 Å². The minimum atomic E-state index is -0.0606. The third-order valence-corrected chi connectivity index (χ3v) is 5.76. The number of thiophene rings is 1. The molecular formula is C15H13Br2NO2S. The Hall–Kier alpha value is -0.690. The number of hydrogen-bond donors (Lipinski definition) is 0. The van der Waals surface area contributed by atoms with Gasteiger partial charge in [0.2, 0.25) is 0 Å². The predicted octanol–water partition coefficient (Wildman–Crippen LogP) is 4.49. The fraction of sp³-hybridized carbons (Fsp3) is 0.267. The molecule has 2 heterocycles. The molecule has 2 aromatic rings. The molecule has 1 aliphatic heterocycles. The molecule has 3 nitrogen and oxygen atoms in total. The highest BCUT2D eigenvalue weighted by Gasteiger charge is 2.27. The van der Waals surface area contributed by atoms with Crippen molar-refractivity contribution in [3.8, 4) is 0 Å². The molecule has 1 aliphatic rings. The zero-order valence-corrected chi connectivity index (χ0v) is 15.1. The van der Waals surface area contributed by atoms with Gasteiger partial charge in [-0.1, -0.05) is 28.1 Å². The molecule has 1 saturated heterocycles. The molecule has 21 heavy (non-hydrogen) atoms. The van der Waals surface area contributed by atoms with Crippen molar-refractivity contribution in [3.63, 3.8) is 0 Å². The van der Waals surface area contributed by atoms with Crippen molar-refractivity contribution >= 4 is 49.1 Å². The average Bonchev–Trinajstić information content (AvgIpc) is 2.93. The number of rotatable bonds is 2. The topological polar surface area (TPSA) is 29.5 Å². The highest BCUT2D eigenvalue weighted by molar-refractivity contribution is 9.10. The van der Waals surface area contributed by atoms with Crippen molar-refractivity contribution in [1.29, 1.82) is 0 Å². The van der Waals surface area contributed by atoms with Gasteiger partial charge in [-0.25, -0.2) is 0 Å². The van der Waals surface area contributed by atoms with E-state index in [1.54, 1.807) is 0 Å². The van der Waals surface area contributed by atoms with E-state index in [0.29, 0.717) is 19.7 Å². The molecule has 0 saturated carbocycles. The van der Waals surface area contributed by atoms with Crippen LogP contribution in [0.15, 0.2) is 44.7 Å². The number of carbonyl (C=O) groups is 1. The number of hydrogen-bond acceptors (Lipinski definition) is 3. The molecule has 6 heteroatoms. The Balaban J connectivity index is 1.75. The van der Waals surface area contributed by atoms with Gasteiger partial charge in [-0.3, -0.25) is 4.79 Å². The maximum Gasteiger partial charge on any atom is 0.265 e. The minimum Gasteiger partial charge on any atom is -0.370 e. The summed E-state index contributed by atoms with van der Waals surface area (Å²) in [6.07, 6.45) is -0.0606. The molecule has 1 atom stereocenters. The van der Waals surface area contributed by atoms with Crippen molar-refractivity contribution in [2.45, 2.75) is 6.10 Å². The van der Waals surface area contributed by atoms with Gasteiger partial charge in [0.1, 0.15) is 11.0 Å². The van der Waals surface area contributed by atoms with E-state index in [0.717, 1.165) is 19.4 Å². The number of ether oxygens (including phenoxy) is 1. The fourth-order valence-corrected chi connectivity index (χ4v) is 4.07. The number of nitrogens with zero attached hydrogens (tertiary/aromatic N) is 1. The van der Waals surface area contributed by atoms with E-state index >= 15 is 0 Å². The van der Waals surface area contributed by atoms with Crippen LogP contribution in [0.2, 0.25) is 0 Å². The first-order valence-corrected chi connectivity index (χ1v) is 9.01. The van der Waals surface area contributed by atoms with E-state index < -0.39 is 0 Å². The average molecular weight is 431 g/mol. The summed E-state index contributed by atoms with van der Waals surface area (Å²) in [4.78, 5) is 15.2. The summed E-state index contributed by atoms with van der Waals surface area (Å²) in [5, 5.41) is 1.92. The number of carbonyl (C=O) groups excluding carboxylic acids is 1. The first-order valence-electron chi connectivity index (χ1n) is 6.54. The summed E-state index contributed by atoms with van der Waals surface area (Å²) in [5.74, 6) is 0.0716. The molecule has 1 fully saturated rings. The second kappa shape index (κ2) is 6.60. The van der Waals surface area contributed by atoms with E-state index in [-0.39, 0.29) is 12.0 Å². The first kappa shape index (κ1) is 15.2. The smallest absolute Gasteiger partial charge is 0.265 e. The first-order chi connectivity index (χ1) is 10.1. The van der Waals surface area contributed by atoms with Crippen LogP contribution in [0.5, 0.6) is 0 Å². The molecule has 1 aromatic heterocycles. The van der Waals surface area contributed by atoms with E-state index in [1.165, 1.54) is 11.3 Å². The summed E-state index contributed by atoms with van der Waals surface area (Å²) >= 11 is 8.32. The van der Waals surface area contributed by atoms with Gasteiger partial charge in [0.25, 0.3) is 5.91 Å². The Labute approximate surface area is 144 Å². The van der Waals surface area contributed by atoms with Crippen LogP contribution in [0, 0.1) is 0 Å². The third-order valence-electron chi connectivity index (χ3n) is 3.41. The molecule has 0 N–H and O–H groups in total. The normalized spacial score (nSPS) is 18.8. The number of halogens is 2. The van der Waals surface area contributed by atoms with Gasteiger partial charge >= 0.3 is 0 Å². The molecule has 3 rings (SSSR count). The molecule has 0 radical (unpaired) electrons. The standard InChI is InChI=1S/C15H13Br2NO2S/c16-11-3-1-10(2-4-11)13-9-18(6-7-20-13)15(19)14-12(17)5-8-21-14/h1-5,8,13H,6-7,9H2. The summed E-state index contributed by atoms with van der Waals surface area (Å²) in [6, 6.07) is 9.96. The fourth-order valence-electron chi connectivity index (χ4n) is 2.30. The summed E-state index contributed by atoms with van der Waals surface area (Å²) in [7, 11) is 0. The van der Waals surface area contributed by atoms with Gasteiger partial charge in [0.15, 0.2) is 0 Å². The second-order valence-corrected chi connectivity index (χ2v) is 7.45. The lowest BCUT2D eigenvalue weighted by Gasteiger charge is -2.33. The van der Waals surface area contributed by atoms with Gasteiger partial charge in [-0.15, -0.1) is 11.3 Å². The maximum absolute atomic E-state index is 12.6. The third kappa shape index (κ3) is 3.39. The van der Waals surface area contributed by atoms with Crippen LogP contribution < -0.4 is 0 Å². The van der Waals surface area contributed by atoms with Gasteiger partial charge in [0, 0.05) is 15.5 Å². The Bertz CT molecular complexity index is 641. The lowest BCUT2D eigenvalue weighted by Crippen LogP contribution is -2.42. The molecule has 0 spiro atoms. The largest absolute Gasteiger partial charge is 0.370 e. The molecule has 1 unspecified atom stereocenters. The number of amides is 1. The van der Waals surface area contributed by atoms with Crippen LogP contribution >= 0.6 is 43.2 Å². The molecule has 1 amide bonds. The zero-order valence-electron chi connectivity index (χ0n) is 11.1.